The minimum atomic E-state index is -3.68. The molecule has 0 N–H and O–H groups in total. The normalized spacial score (nSPS) is 34.3. The van der Waals surface area contributed by atoms with E-state index in [0.717, 1.165) is 6.42 Å². The molecule has 1 aliphatic carbocycles. The second-order valence-corrected chi connectivity index (χ2v) is 6.36. The first-order valence-corrected chi connectivity index (χ1v) is 7.15. The van der Waals surface area contributed by atoms with E-state index >= 15 is 0 Å². The van der Waals surface area contributed by atoms with Crippen LogP contribution in [0.2, 0.25) is 0 Å². The van der Waals surface area contributed by atoms with Gasteiger partial charge in [0.15, 0.2) is 0 Å². The van der Waals surface area contributed by atoms with Crippen molar-refractivity contribution in [2.45, 2.75) is 36.9 Å². The Kier molecular flexibility index (Phi) is 2.25. The van der Waals surface area contributed by atoms with Gasteiger partial charge in [0.25, 0.3) is 0 Å². The van der Waals surface area contributed by atoms with Gasteiger partial charge in [0.05, 0.1) is 0 Å². The molecule has 1 heterocycles. The first-order chi connectivity index (χ1) is 8.01. The summed E-state index contributed by atoms with van der Waals surface area (Å²) in [4.78, 5) is 0.130. The molecule has 1 spiro atoms. The second-order valence-electron chi connectivity index (χ2n) is 4.84. The van der Waals surface area contributed by atoms with Gasteiger partial charge in [0, 0.05) is 12.8 Å². The monoisotopic (exact) mass is 254 g/mol. The van der Waals surface area contributed by atoms with Crippen molar-refractivity contribution in [1.82, 2.24) is 0 Å². The fourth-order valence-electron chi connectivity index (χ4n) is 2.57. The zero-order valence-corrected chi connectivity index (χ0v) is 10.4. The quantitative estimate of drug-likeness (QED) is 0.667. The third-order valence-electron chi connectivity index (χ3n) is 3.35. The largest absolute Gasteiger partial charge is 0.460 e. The molecule has 0 aromatic heterocycles. The van der Waals surface area contributed by atoms with Gasteiger partial charge >= 0.3 is 10.1 Å². The zero-order valence-electron chi connectivity index (χ0n) is 9.55. The molecule has 92 valence electrons. The van der Waals surface area contributed by atoms with Gasteiger partial charge in [-0.3, -0.25) is 0 Å². The van der Waals surface area contributed by atoms with E-state index < -0.39 is 15.9 Å². The molecule has 4 nitrogen and oxygen atoms in total. The molecule has 1 aliphatic heterocycles. The van der Waals surface area contributed by atoms with Gasteiger partial charge in [-0.25, -0.2) is 4.18 Å². The lowest BCUT2D eigenvalue weighted by Crippen LogP contribution is -2.42. The molecule has 2 atom stereocenters. The average Bonchev–Trinajstić information content (AvgIpc) is 2.58. The number of benzene rings is 1. The summed E-state index contributed by atoms with van der Waals surface area (Å²) < 4.78 is 35.1. The average molecular weight is 254 g/mol. The van der Waals surface area contributed by atoms with Crippen molar-refractivity contribution in [2.24, 2.45) is 5.92 Å². The highest BCUT2D eigenvalue weighted by Crippen LogP contribution is 2.45. The first kappa shape index (κ1) is 11.0. The van der Waals surface area contributed by atoms with E-state index in [0.29, 0.717) is 24.5 Å². The minimum Gasteiger partial charge on any atom is -0.460 e. The molecule has 2 unspecified atom stereocenters. The Morgan fingerprint density at radius 3 is 2.82 bits per heavy atom. The SMILES string of the molecule is CC1CCC2(C1)Oc1ccccc1S(=O)(=O)O2. The summed E-state index contributed by atoms with van der Waals surface area (Å²) >= 11 is 0. The van der Waals surface area contributed by atoms with E-state index in [2.05, 4.69) is 6.92 Å². The van der Waals surface area contributed by atoms with Crippen LogP contribution in [0.15, 0.2) is 29.2 Å². The summed E-state index contributed by atoms with van der Waals surface area (Å²) in [7, 11) is -3.68. The van der Waals surface area contributed by atoms with Crippen LogP contribution in [-0.4, -0.2) is 14.2 Å². The van der Waals surface area contributed by atoms with Crippen LogP contribution >= 0.6 is 0 Å². The van der Waals surface area contributed by atoms with Crippen LogP contribution in [0.3, 0.4) is 0 Å². The van der Waals surface area contributed by atoms with Crippen molar-refractivity contribution in [1.29, 1.82) is 0 Å². The molecule has 3 rings (SSSR count). The number of rotatable bonds is 0. The summed E-state index contributed by atoms with van der Waals surface area (Å²) in [5, 5.41) is 0. The van der Waals surface area contributed by atoms with Gasteiger partial charge in [-0.15, -0.1) is 0 Å². The standard InChI is InChI=1S/C12H14O4S/c1-9-6-7-12(8-9)15-10-4-2-3-5-11(10)17(13,14)16-12/h2-5,9H,6-8H2,1H3. The van der Waals surface area contributed by atoms with Crippen molar-refractivity contribution >= 4 is 10.1 Å². The third-order valence-corrected chi connectivity index (χ3v) is 4.75. The van der Waals surface area contributed by atoms with Crippen LogP contribution < -0.4 is 4.74 Å². The molecule has 17 heavy (non-hydrogen) atoms. The van der Waals surface area contributed by atoms with Crippen LogP contribution in [0.4, 0.5) is 0 Å². The number of hydrogen-bond acceptors (Lipinski definition) is 4. The Morgan fingerprint density at radius 1 is 1.35 bits per heavy atom. The Hall–Kier alpha value is -1.07. The van der Waals surface area contributed by atoms with Gasteiger partial charge in [0.1, 0.15) is 10.6 Å². The van der Waals surface area contributed by atoms with Crippen molar-refractivity contribution in [3.05, 3.63) is 24.3 Å². The number of ether oxygens (including phenoxy) is 1. The van der Waals surface area contributed by atoms with Gasteiger partial charge < -0.3 is 4.74 Å². The first-order valence-electron chi connectivity index (χ1n) is 5.74. The molecule has 0 bridgehead atoms. The van der Waals surface area contributed by atoms with Gasteiger partial charge in [0.2, 0.25) is 5.79 Å². The lowest BCUT2D eigenvalue weighted by Gasteiger charge is -2.34. The molecule has 1 aromatic rings. The van der Waals surface area contributed by atoms with Crippen molar-refractivity contribution in [3.63, 3.8) is 0 Å². The smallest absolute Gasteiger partial charge is 0.304 e. The van der Waals surface area contributed by atoms with E-state index in [1.807, 2.05) is 0 Å². The van der Waals surface area contributed by atoms with Gasteiger partial charge in [-0.2, -0.15) is 8.42 Å². The van der Waals surface area contributed by atoms with Crippen molar-refractivity contribution in [2.75, 3.05) is 0 Å². The Bertz CT molecular complexity index is 551. The van der Waals surface area contributed by atoms with Crippen LogP contribution in [0, 0.1) is 5.92 Å². The van der Waals surface area contributed by atoms with E-state index in [9.17, 15) is 8.42 Å². The molecular formula is C12H14O4S. The molecule has 1 aromatic carbocycles. The number of fused-ring (bicyclic) bond motifs is 1. The predicted molar refractivity (Wildman–Crippen MR) is 61.1 cm³/mol. The molecule has 1 saturated carbocycles. The van der Waals surface area contributed by atoms with Crippen LogP contribution in [-0.2, 0) is 14.3 Å². The van der Waals surface area contributed by atoms with E-state index in [-0.39, 0.29) is 4.90 Å². The summed E-state index contributed by atoms with van der Waals surface area (Å²) in [5.74, 6) is -0.129. The molecule has 5 heteroatoms. The molecular weight excluding hydrogens is 240 g/mol. The summed E-state index contributed by atoms with van der Waals surface area (Å²) in [6.07, 6.45) is 2.18. The maximum absolute atomic E-state index is 12.0. The highest BCUT2D eigenvalue weighted by Gasteiger charge is 2.49. The third kappa shape index (κ3) is 1.73. The van der Waals surface area contributed by atoms with E-state index in [4.69, 9.17) is 8.92 Å². The summed E-state index contributed by atoms with van der Waals surface area (Å²) in [5.41, 5.74) is 0. The molecule has 0 radical (unpaired) electrons. The van der Waals surface area contributed by atoms with Crippen molar-refractivity contribution in [3.8, 4) is 5.75 Å². The molecule has 2 aliphatic rings. The van der Waals surface area contributed by atoms with Crippen LogP contribution in [0.25, 0.3) is 0 Å². The summed E-state index contributed by atoms with van der Waals surface area (Å²) in [6, 6.07) is 6.63. The number of hydrogen-bond donors (Lipinski definition) is 0. The lowest BCUT2D eigenvalue weighted by atomic mass is 10.1. The highest BCUT2D eigenvalue weighted by atomic mass is 32.2. The van der Waals surface area contributed by atoms with Gasteiger partial charge in [-0.05, 0) is 24.5 Å². The summed E-state index contributed by atoms with van der Waals surface area (Å²) in [6.45, 7) is 2.08. The van der Waals surface area contributed by atoms with E-state index in [1.54, 1.807) is 18.2 Å². The lowest BCUT2D eigenvalue weighted by molar-refractivity contribution is -0.115. The highest BCUT2D eigenvalue weighted by molar-refractivity contribution is 7.87. The fraction of sp³-hybridized carbons (Fsp3) is 0.500. The van der Waals surface area contributed by atoms with Crippen LogP contribution in [0.5, 0.6) is 5.75 Å². The minimum absolute atomic E-state index is 0.130. The molecule has 0 amide bonds. The Labute approximate surface area is 101 Å². The maximum atomic E-state index is 12.0. The number of para-hydroxylation sites is 1. The van der Waals surface area contributed by atoms with Gasteiger partial charge in [-0.1, -0.05) is 19.1 Å². The molecule has 0 saturated heterocycles. The predicted octanol–water partition coefficient (Wildman–Crippen LogP) is 2.30. The second kappa shape index (κ2) is 3.46. The van der Waals surface area contributed by atoms with E-state index in [1.165, 1.54) is 6.07 Å². The van der Waals surface area contributed by atoms with Crippen molar-refractivity contribution < 1.29 is 17.3 Å². The zero-order chi connectivity index (χ0) is 12.1. The van der Waals surface area contributed by atoms with Crippen LogP contribution in [0.1, 0.15) is 26.2 Å². The topological polar surface area (TPSA) is 52.6 Å². The Balaban J connectivity index is 2.08. The molecule has 1 fully saturated rings. The fourth-order valence-corrected chi connectivity index (χ4v) is 3.85. The Morgan fingerprint density at radius 2 is 2.12 bits per heavy atom. The maximum Gasteiger partial charge on any atom is 0.304 e.